The maximum absolute atomic E-state index is 11.0. The van der Waals surface area contributed by atoms with E-state index in [4.69, 9.17) is 5.11 Å². The van der Waals surface area contributed by atoms with Crippen molar-refractivity contribution in [3.8, 4) is 0 Å². The van der Waals surface area contributed by atoms with Gasteiger partial charge in [-0.15, -0.1) is 0 Å². The second kappa shape index (κ2) is 5.85. The third kappa shape index (κ3) is 3.33. The normalized spacial score (nSPS) is 20.9. The van der Waals surface area contributed by atoms with E-state index >= 15 is 0 Å². The molecule has 0 aromatic heterocycles. The molecule has 1 saturated heterocycles. The zero-order valence-electron chi connectivity index (χ0n) is 10.5. The predicted molar refractivity (Wildman–Crippen MR) is 74.8 cm³/mol. The summed E-state index contributed by atoms with van der Waals surface area (Å²) < 4.78 is 0.991. The molecule has 1 unspecified atom stereocenters. The van der Waals surface area contributed by atoms with Gasteiger partial charge in [0.2, 0.25) is 0 Å². The van der Waals surface area contributed by atoms with Gasteiger partial charge in [-0.1, -0.05) is 22.9 Å². The molecule has 0 amide bonds. The minimum absolute atomic E-state index is 0.359. The lowest BCUT2D eigenvalue weighted by Gasteiger charge is -2.31. The average Bonchev–Trinajstić information content (AvgIpc) is 2.31. The van der Waals surface area contributed by atoms with Crippen LogP contribution in [0.1, 0.15) is 35.7 Å². The van der Waals surface area contributed by atoms with Gasteiger partial charge in [0.1, 0.15) is 0 Å². The summed E-state index contributed by atoms with van der Waals surface area (Å²) in [4.78, 5) is 13.4. The number of piperidine rings is 1. The molecule has 18 heavy (non-hydrogen) atoms. The second-order valence-corrected chi connectivity index (χ2v) is 5.95. The summed E-state index contributed by atoms with van der Waals surface area (Å²) in [5, 5.41) is 9.02. The minimum atomic E-state index is -0.865. The van der Waals surface area contributed by atoms with Gasteiger partial charge in [0.15, 0.2) is 0 Å². The highest BCUT2D eigenvalue weighted by molar-refractivity contribution is 9.10. The van der Waals surface area contributed by atoms with Gasteiger partial charge in [-0.3, -0.25) is 4.90 Å². The fourth-order valence-electron chi connectivity index (χ4n) is 2.50. The molecule has 1 fully saturated rings. The summed E-state index contributed by atoms with van der Waals surface area (Å²) in [7, 11) is 0. The maximum Gasteiger partial charge on any atom is 0.335 e. The van der Waals surface area contributed by atoms with Crippen LogP contribution in [0.2, 0.25) is 0 Å². The predicted octanol–water partition coefficient (Wildman–Crippen LogP) is 3.38. The summed E-state index contributed by atoms with van der Waals surface area (Å²) >= 11 is 3.50. The van der Waals surface area contributed by atoms with E-state index in [0.717, 1.165) is 35.6 Å². The molecule has 4 heteroatoms. The van der Waals surface area contributed by atoms with Crippen LogP contribution in [-0.2, 0) is 6.54 Å². The number of hydrogen-bond acceptors (Lipinski definition) is 2. The summed E-state index contributed by atoms with van der Waals surface area (Å²) in [5.41, 5.74) is 1.42. The average molecular weight is 312 g/mol. The highest BCUT2D eigenvalue weighted by atomic mass is 79.9. The van der Waals surface area contributed by atoms with Crippen LogP contribution in [-0.4, -0.2) is 29.1 Å². The van der Waals surface area contributed by atoms with Gasteiger partial charge in [-0.05, 0) is 49.1 Å². The maximum atomic E-state index is 11.0. The van der Waals surface area contributed by atoms with Gasteiger partial charge in [-0.2, -0.15) is 0 Å². The van der Waals surface area contributed by atoms with Gasteiger partial charge < -0.3 is 5.11 Å². The van der Waals surface area contributed by atoms with Gasteiger partial charge in [0.05, 0.1) is 5.56 Å². The van der Waals surface area contributed by atoms with Crippen molar-refractivity contribution in [2.24, 2.45) is 5.92 Å². The van der Waals surface area contributed by atoms with Gasteiger partial charge in [-0.25, -0.2) is 4.79 Å². The molecule has 0 spiro atoms. The van der Waals surface area contributed by atoms with Crippen LogP contribution in [0.5, 0.6) is 0 Å². The Hall–Kier alpha value is -0.870. The van der Waals surface area contributed by atoms with Crippen molar-refractivity contribution in [3.05, 3.63) is 33.8 Å². The van der Waals surface area contributed by atoms with Crippen molar-refractivity contribution in [3.63, 3.8) is 0 Å². The van der Waals surface area contributed by atoms with Crippen LogP contribution >= 0.6 is 15.9 Å². The standard InChI is InChI=1S/C14H18BrNO2/c1-10-3-2-6-16(8-10)9-12-7-11(14(17)18)4-5-13(12)15/h4-5,7,10H,2-3,6,8-9H2,1H3,(H,17,18). The van der Waals surface area contributed by atoms with E-state index in [2.05, 4.69) is 27.8 Å². The van der Waals surface area contributed by atoms with Crippen LogP contribution in [0.15, 0.2) is 22.7 Å². The molecule has 1 aliphatic rings. The number of nitrogens with zero attached hydrogens (tertiary/aromatic N) is 1. The largest absolute Gasteiger partial charge is 0.478 e. The van der Waals surface area contributed by atoms with Crippen molar-refractivity contribution in [2.75, 3.05) is 13.1 Å². The third-order valence-electron chi connectivity index (χ3n) is 3.43. The second-order valence-electron chi connectivity index (χ2n) is 5.09. The Bertz CT molecular complexity index is 447. The number of rotatable bonds is 3. The Morgan fingerprint density at radius 1 is 1.56 bits per heavy atom. The number of carbonyl (C=O) groups is 1. The lowest BCUT2D eigenvalue weighted by Crippen LogP contribution is -2.33. The molecule has 2 rings (SSSR count). The molecular formula is C14H18BrNO2. The van der Waals surface area contributed by atoms with Gasteiger partial charge in [0.25, 0.3) is 0 Å². The quantitative estimate of drug-likeness (QED) is 0.930. The minimum Gasteiger partial charge on any atom is -0.478 e. The molecule has 1 aromatic carbocycles. The van der Waals surface area contributed by atoms with Crippen molar-refractivity contribution < 1.29 is 9.90 Å². The Morgan fingerprint density at radius 2 is 2.33 bits per heavy atom. The van der Waals surface area contributed by atoms with Crippen LogP contribution < -0.4 is 0 Å². The molecule has 1 aliphatic heterocycles. The summed E-state index contributed by atoms with van der Waals surface area (Å²) in [6.07, 6.45) is 2.53. The first-order valence-corrected chi connectivity index (χ1v) is 7.09. The van der Waals surface area contributed by atoms with Gasteiger partial charge in [0, 0.05) is 17.6 Å². The van der Waals surface area contributed by atoms with E-state index in [1.165, 1.54) is 12.8 Å². The van der Waals surface area contributed by atoms with Crippen molar-refractivity contribution in [1.82, 2.24) is 4.90 Å². The Labute approximate surface area is 116 Å². The van der Waals surface area contributed by atoms with Crippen molar-refractivity contribution >= 4 is 21.9 Å². The summed E-state index contributed by atoms with van der Waals surface area (Å²) in [5.74, 6) is -0.129. The topological polar surface area (TPSA) is 40.5 Å². The molecule has 3 nitrogen and oxygen atoms in total. The van der Waals surface area contributed by atoms with Crippen LogP contribution in [0.25, 0.3) is 0 Å². The molecular weight excluding hydrogens is 294 g/mol. The van der Waals surface area contributed by atoms with E-state index in [1.54, 1.807) is 12.1 Å². The molecule has 1 heterocycles. The Kier molecular flexibility index (Phi) is 4.40. The van der Waals surface area contributed by atoms with E-state index in [0.29, 0.717) is 5.56 Å². The zero-order valence-corrected chi connectivity index (χ0v) is 12.1. The Balaban J connectivity index is 2.12. The van der Waals surface area contributed by atoms with E-state index in [1.807, 2.05) is 6.07 Å². The number of halogens is 1. The number of likely N-dealkylation sites (tertiary alicyclic amines) is 1. The van der Waals surface area contributed by atoms with E-state index in [-0.39, 0.29) is 0 Å². The fourth-order valence-corrected chi connectivity index (χ4v) is 2.87. The summed E-state index contributed by atoms with van der Waals surface area (Å²) in [6, 6.07) is 5.23. The van der Waals surface area contributed by atoms with Crippen LogP contribution in [0.4, 0.5) is 0 Å². The van der Waals surface area contributed by atoms with Crippen molar-refractivity contribution in [1.29, 1.82) is 0 Å². The monoisotopic (exact) mass is 311 g/mol. The lowest BCUT2D eigenvalue weighted by atomic mass is 9.99. The van der Waals surface area contributed by atoms with E-state index < -0.39 is 5.97 Å². The number of hydrogen-bond donors (Lipinski definition) is 1. The fraction of sp³-hybridized carbons (Fsp3) is 0.500. The first-order chi connectivity index (χ1) is 8.56. The molecule has 98 valence electrons. The molecule has 1 N–H and O–H groups in total. The lowest BCUT2D eigenvalue weighted by molar-refractivity contribution is 0.0696. The smallest absolute Gasteiger partial charge is 0.335 e. The van der Waals surface area contributed by atoms with Crippen molar-refractivity contribution in [2.45, 2.75) is 26.3 Å². The number of carboxylic acids is 1. The highest BCUT2D eigenvalue weighted by Crippen LogP contribution is 2.23. The third-order valence-corrected chi connectivity index (χ3v) is 4.20. The van der Waals surface area contributed by atoms with E-state index in [9.17, 15) is 4.79 Å². The number of benzene rings is 1. The molecule has 0 saturated carbocycles. The number of aromatic carboxylic acids is 1. The first kappa shape index (κ1) is 13.6. The molecule has 0 aliphatic carbocycles. The van der Waals surface area contributed by atoms with Crippen LogP contribution in [0.3, 0.4) is 0 Å². The molecule has 1 atom stereocenters. The molecule has 0 radical (unpaired) electrons. The SMILES string of the molecule is CC1CCCN(Cc2cc(C(=O)O)ccc2Br)C1. The molecule has 1 aromatic rings. The van der Waals surface area contributed by atoms with Crippen LogP contribution in [0, 0.1) is 5.92 Å². The molecule has 0 bridgehead atoms. The first-order valence-electron chi connectivity index (χ1n) is 6.30. The summed E-state index contributed by atoms with van der Waals surface area (Å²) in [6.45, 7) is 5.30. The highest BCUT2D eigenvalue weighted by Gasteiger charge is 2.17. The zero-order chi connectivity index (χ0) is 13.1. The number of carboxylic acid groups (broad SMARTS) is 1. The Morgan fingerprint density at radius 3 is 3.00 bits per heavy atom. The van der Waals surface area contributed by atoms with Gasteiger partial charge >= 0.3 is 5.97 Å².